The fourth-order valence-corrected chi connectivity index (χ4v) is 1.47. The summed E-state index contributed by atoms with van der Waals surface area (Å²) in [6.45, 7) is 0.503. The van der Waals surface area contributed by atoms with Crippen molar-refractivity contribution in [3.05, 3.63) is 35.4 Å². The summed E-state index contributed by atoms with van der Waals surface area (Å²) in [4.78, 5) is 12.0. The number of hydrazine groups is 1. The van der Waals surface area contributed by atoms with Gasteiger partial charge in [0.1, 0.15) is 0 Å². The quantitative estimate of drug-likeness (QED) is 0.535. The molecule has 1 aromatic carbocycles. The number of nitrogens with two attached hydrogens (primary N) is 1. The Morgan fingerprint density at radius 1 is 1.20 bits per heavy atom. The maximum Gasteiger partial charge on any atom is 0.322 e. The zero-order chi connectivity index (χ0) is 14.4. The molecule has 0 fully saturated rings. The Bertz CT molecular complexity index is 598. The molecule has 0 radical (unpaired) electrons. The van der Waals surface area contributed by atoms with Crippen LogP contribution in [-0.2, 0) is 6.54 Å². The molecule has 0 atom stereocenters. The molecule has 102 valence electrons. The molecule has 0 bridgehead atoms. The van der Waals surface area contributed by atoms with Crippen LogP contribution in [0.3, 0.4) is 0 Å². The minimum absolute atomic E-state index is 0.162. The second kappa shape index (κ2) is 6.31. The van der Waals surface area contributed by atoms with Gasteiger partial charge in [-0.2, -0.15) is 20.2 Å². The highest BCUT2D eigenvalue weighted by atomic mass is 16.5. The Kier molecular flexibility index (Phi) is 4.26. The molecule has 20 heavy (non-hydrogen) atoms. The van der Waals surface area contributed by atoms with Crippen LogP contribution in [0.1, 0.15) is 11.1 Å². The summed E-state index contributed by atoms with van der Waals surface area (Å²) < 4.78 is 4.95. The van der Waals surface area contributed by atoms with Crippen LogP contribution in [0, 0.1) is 11.3 Å². The van der Waals surface area contributed by atoms with E-state index in [1.807, 2.05) is 12.1 Å². The lowest BCUT2D eigenvalue weighted by atomic mass is 10.1. The molecule has 2 rings (SSSR count). The van der Waals surface area contributed by atoms with E-state index in [0.717, 1.165) is 5.56 Å². The molecule has 0 aliphatic rings. The maximum absolute atomic E-state index is 8.73. The SMILES string of the molecule is COc1nc(NN)nc(NCc2ccc(C#N)cc2)n1. The van der Waals surface area contributed by atoms with Gasteiger partial charge in [-0.05, 0) is 17.7 Å². The van der Waals surface area contributed by atoms with Gasteiger partial charge in [0.2, 0.25) is 11.9 Å². The third-order valence-corrected chi connectivity index (χ3v) is 2.46. The molecular weight excluding hydrogens is 258 g/mol. The van der Waals surface area contributed by atoms with E-state index in [9.17, 15) is 0 Å². The first-order valence-corrected chi connectivity index (χ1v) is 5.74. The lowest BCUT2D eigenvalue weighted by molar-refractivity contribution is 0.379. The second-order valence-electron chi connectivity index (χ2n) is 3.78. The number of nitrogen functional groups attached to an aromatic ring is 1. The first-order valence-electron chi connectivity index (χ1n) is 5.74. The summed E-state index contributed by atoms with van der Waals surface area (Å²) >= 11 is 0. The van der Waals surface area contributed by atoms with E-state index in [1.165, 1.54) is 7.11 Å². The molecule has 0 aliphatic carbocycles. The zero-order valence-electron chi connectivity index (χ0n) is 10.8. The van der Waals surface area contributed by atoms with Gasteiger partial charge in [-0.1, -0.05) is 12.1 Å². The second-order valence-corrected chi connectivity index (χ2v) is 3.78. The van der Waals surface area contributed by atoms with E-state index in [2.05, 4.69) is 31.8 Å². The van der Waals surface area contributed by atoms with Crippen LogP contribution in [0.5, 0.6) is 6.01 Å². The zero-order valence-corrected chi connectivity index (χ0v) is 10.8. The molecule has 0 amide bonds. The van der Waals surface area contributed by atoms with E-state index in [4.69, 9.17) is 15.8 Å². The van der Waals surface area contributed by atoms with Crippen molar-refractivity contribution < 1.29 is 4.74 Å². The van der Waals surface area contributed by atoms with Crippen molar-refractivity contribution >= 4 is 11.9 Å². The molecule has 1 heterocycles. The minimum Gasteiger partial charge on any atom is -0.467 e. The van der Waals surface area contributed by atoms with Crippen LogP contribution in [0.25, 0.3) is 0 Å². The number of nitrogens with zero attached hydrogens (tertiary/aromatic N) is 4. The molecule has 0 unspecified atom stereocenters. The van der Waals surface area contributed by atoms with Crippen LogP contribution in [0.15, 0.2) is 24.3 Å². The average molecular weight is 271 g/mol. The van der Waals surface area contributed by atoms with E-state index >= 15 is 0 Å². The lowest BCUT2D eigenvalue weighted by Crippen LogP contribution is -2.14. The summed E-state index contributed by atoms with van der Waals surface area (Å²) in [5.74, 6) is 5.81. The summed E-state index contributed by atoms with van der Waals surface area (Å²) in [5, 5.41) is 11.8. The van der Waals surface area contributed by atoms with Gasteiger partial charge in [-0.25, -0.2) is 5.84 Å². The molecule has 8 heteroatoms. The minimum atomic E-state index is 0.162. The normalized spacial score (nSPS) is 9.65. The first-order chi connectivity index (χ1) is 9.75. The third kappa shape index (κ3) is 3.30. The van der Waals surface area contributed by atoms with Crippen molar-refractivity contribution in [1.29, 1.82) is 5.26 Å². The van der Waals surface area contributed by atoms with Gasteiger partial charge in [-0.3, -0.25) is 5.43 Å². The molecule has 8 nitrogen and oxygen atoms in total. The topological polar surface area (TPSA) is 122 Å². The van der Waals surface area contributed by atoms with Gasteiger partial charge in [0.05, 0.1) is 18.7 Å². The van der Waals surface area contributed by atoms with E-state index < -0.39 is 0 Å². The number of nitrogens with one attached hydrogen (secondary N) is 2. The van der Waals surface area contributed by atoms with Crippen LogP contribution in [0.2, 0.25) is 0 Å². The Hall–Kier alpha value is -2.92. The van der Waals surface area contributed by atoms with Crippen LogP contribution in [-0.4, -0.2) is 22.1 Å². The number of nitriles is 1. The highest BCUT2D eigenvalue weighted by Crippen LogP contribution is 2.11. The van der Waals surface area contributed by atoms with Gasteiger partial charge in [0.25, 0.3) is 0 Å². The van der Waals surface area contributed by atoms with Crippen molar-refractivity contribution in [3.63, 3.8) is 0 Å². The Labute approximate surface area is 115 Å². The van der Waals surface area contributed by atoms with Crippen LogP contribution >= 0.6 is 0 Å². The van der Waals surface area contributed by atoms with Crippen molar-refractivity contribution in [2.45, 2.75) is 6.54 Å². The first kappa shape index (κ1) is 13.5. The average Bonchev–Trinajstić information content (AvgIpc) is 2.53. The summed E-state index contributed by atoms with van der Waals surface area (Å²) in [6.07, 6.45) is 0. The molecule has 1 aromatic heterocycles. The summed E-state index contributed by atoms with van der Waals surface area (Å²) in [5.41, 5.74) is 3.94. The lowest BCUT2D eigenvalue weighted by Gasteiger charge is -2.07. The summed E-state index contributed by atoms with van der Waals surface area (Å²) in [6, 6.07) is 9.43. The predicted molar refractivity (Wildman–Crippen MR) is 72.7 cm³/mol. The van der Waals surface area contributed by atoms with Gasteiger partial charge < -0.3 is 10.1 Å². The number of methoxy groups -OCH3 is 1. The highest BCUT2D eigenvalue weighted by Gasteiger charge is 2.05. The molecule has 0 saturated carbocycles. The van der Waals surface area contributed by atoms with Crippen molar-refractivity contribution in [2.75, 3.05) is 17.9 Å². The van der Waals surface area contributed by atoms with Crippen molar-refractivity contribution in [2.24, 2.45) is 5.84 Å². The van der Waals surface area contributed by atoms with Gasteiger partial charge in [-0.15, -0.1) is 0 Å². The van der Waals surface area contributed by atoms with Crippen molar-refractivity contribution in [3.8, 4) is 12.1 Å². The molecule has 2 aromatic rings. The Morgan fingerprint density at radius 2 is 1.90 bits per heavy atom. The Morgan fingerprint density at radius 3 is 2.50 bits per heavy atom. The molecule has 0 saturated heterocycles. The molecule has 0 spiro atoms. The van der Waals surface area contributed by atoms with Crippen LogP contribution in [0.4, 0.5) is 11.9 Å². The fourth-order valence-electron chi connectivity index (χ4n) is 1.47. The van der Waals surface area contributed by atoms with Gasteiger partial charge in [0.15, 0.2) is 0 Å². The standard InChI is InChI=1S/C12H13N7O/c1-20-12-17-10(16-11(18-12)19-14)15-7-9-4-2-8(6-13)3-5-9/h2-5H,7,14H2,1H3,(H2,15,16,17,18,19). The molecule has 0 aliphatic heterocycles. The third-order valence-electron chi connectivity index (χ3n) is 2.46. The van der Waals surface area contributed by atoms with E-state index in [1.54, 1.807) is 12.1 Å². The largest absolute Gasteiger partial charge is 0.467 e. The maximum atomic E-state index is 8.73. The number of hydrogen-bond donors (Lipinski definition) is 3. The summed E-state index contributed by atoms with van der Waals surface area (Å²) in [7, 11) is 1.46. The fraction of sp³-hybridized carbons (Fsp3) is 0.167. The van der Waals surface area contributed by atoms with Crippen molar-refractivity contribution in [1.82, 2.24) is 15.0 Å². The number of rotatable bonds is 5. The number of aromatic nitrogens is 3. The van der Waals surface area contributed by atoms with E-state index in [0.29, 0.717) is 18.1 Å². The monoisotopic (exact) mass is 271 g/mol. The highest BCUT2D eigenvalue weighted by molar-refractivity contribution is 5.37. The Balaban J connectivity index is 2.07. The number of benzene rings is 1. The number of anilines is 2. The smallest absolute Gasteiger partial charge is 0.322 e. The predicted octanol–water partition coefficient (Wildman–Crippen LogP) is 0.650. The van der Waals surface area contributed by atoms with Crippen LogP contribution < -0.4 is 21.3 Å². The molecule has 4 N–H and O–H groups in total. The number of hydrogen-bond acceptors (Lipinski definition) is 8. The number of ether oxygens (including phenoxy) is 1. The van der Waals surface area contributed by atoms with E-state index in [-0.39, 0.29) is 12.0 Å². The van der Waals surface area contributed by atoms with Gasteiger partial charge >= 0.3 is 6.01 Å². The molecular formula is C12H13N7O. The van der Waals surface area contributed by atoms with Gasteiger partial charge in [0, 0.05) is 6.54 Å².